The van der Waals surface area contributed by atoms with Gasteiger partial charge in [-0.3, -0.25) is 4.90 Å². The first-order chi connectivity index (χ1) is 12.5. The Hall–Kier alpha value is -2.37. The fourth-order valence-electron chi connectivity index (χ4n) is 3.48. The van der Waals surface area contributed by atoms with Crippen molar-refractivity contribution in [3.63, 3.8) is 0 Å². The molecule has 1 saturated carbocycles. The van der Waals surface area contributed by atoms with Crippen molar-refractivity contribution in [1.29, 1.82) is 0 Å². The number of benzene rings is 1. The maximum Gasteiger partial charge on any atom is 0.501 e. The molecule has 1 aliphatic heterocycles. The highest BCUT2D eigenvalue weighted by molar-refractivity contribution is 7.92. The summed E-state index contributed by atoms with van der Waals surface area (Å²) in [6.45, 7) is 0. The van der Waals surface area contributed by atoms with Gasteiger partial charge >= 0.3 is 5.51 Å². The van der Waals surface area contributed by atoms with Gasteiger partial charge in [-0.15, -0.1) is 0 Å². The molecule has 0 bridgehead atoms. The molecule has 148 valence electrons. The Kier molecular flexibility index (Phi) is 4.57. The smallest absolute Gasteiger partial charge is 0.369 e. The largest absolute Gasteiger partial charge is 0.501 e. The Morgan fingerprint density at radius 2 is 1.74 bits per heavy atom. The molecule has 1 fully saturated rings. The lowest BCUT2D eigenvalue weighted by Crippen LogP contribution is -2.58. The predicted octanol–water partition coefficient (Wildman–Crippen LogP) is 2.23. The third kappa shape index (κ3) is 3.22. The van der Waals surface area contributed by atoms with E-state index in [4.69, 9.17) is 11.5 Å². The highest BCUT2D eigenvalue weighted by Crippen LogP contribution is 2.43. The zero-order valence-corrected chi connectivity index (χ0v) is 14.8. The molecule has 3 rings (SSSR count). The molecule has 7 nitrogen and oxygen atoms in total. The van der Waals surface area contributed by atoms with E-state index in [1.807, 2.05) is 0 Å². The molecule has 0 aromatic heterocycles. The van der Waals surface area contributed by atoms with E-state index in [1.165, 1.54) is 0 Å². The van der Waals surface area contributed by atoms with Crippen molar-refractivity contribution < 1.29 is 26.0 Å². The minimum Gasteiger partial charge on any atom is -0.369 e. The molecule has 1 heterocycles. The van der Waals surface area contributed by atoms with Gasteiger partial charge in [-0.1, -0.05) is 6.42 Å². The average molecular weight is 407 g/mol. The number of sulfone groups is 1. The van der Waals surface area contributed by atoms with Crippen molar-refractivity contribution in [3.05, 3.63) is 24.0 Å². The molecule has 1 aliphatic carbocycles. The van der Waals surface area contributed by atoms with Gasteiger partial charge in [0.2, 0.25) is 11.9 Å². The number of guanidine groups is 2. The second-order valence-corrected chi connectivity index (χ2v) is 8.29. The zero-order chi connectivity index (χ0) is 20.0. The van der Waals surface area contributed by atoms with Gasteiger partial charge in [0.25, 0.3) is 9.84 Å². The minimum absolute atomic E-state index is 0.145. The molecule has 4 N–H and O–H groups in total. The molecular formula is C15H17F4N5O2S. The topological polar surface area (TPSA) is 114 Å². The predicted molar refractivity (Wildman–Crippen MR) is 91.2 cm³/mol. The summed E-state index contributed by atoms with van der Waals surface area (Å²) < 4.78 is 77.2. The number of halogens is 4. The molecular weight excluding hydrogens is 390 g/mol. The molecule has 0 radical (unpaired) electrons. The number of anilines is 1. The molecule has 0 saturated heterocycles. The average Bonchev–Trinajstić information content (AvgIpc) is 2.55. The normalized spacial score (nSPS) is 20.4. The first-order valence-electron chi connectivity index (χ1n) is 8.09. The van der Waals surface area contributed by atoms with E-state index < -0.39 is 37.4 Å². The van der Waals surface area contributed by atoms with Gasteiger partial charge in [-0.05, 0) is 43.9 Å². The lowest BCUT2D eigenvalue weighted by Gasteiger charge is -2.46. The van der Waals surface area contributed by atoms with Crippen LogP contribution in [0.3, 0.4) is 0 Å². The van der Waals surface area contributed by atoms with Crippen molar-refractivity contribution in [1.82, 2.24) is 0 Å². The van der Waals surface area contributed by atoms with Crippen LogP contribution in [0.5, 0.6) is 0 Å². The number of alkyl halides is 3. The number of rotatable bonds is 2. The highest BCUT2D eigenvalue weighted by atomic mass is 32.2. The fraction of sp³-hybridized carbons (Fsp3) is 0.467. The van der Waals surface area contributed by atoms with Gasteiger partial charge in [-0.2, -0.15) is 18.2 Å². The van der Waals surface area contributed by atoms with Crippen LogP contribution in [0.2, 0.25) is 0 Å². The Labute approximate surface area is 152 Å². The Morgan fingerprint density at radius 1 is 1.11 bits per heavy atom. The van der Waals surface area contributed by atoms with Gasteiger partial charge in [0.05, 0.1) is 5.69 Å². The quantitative estimate of drug-likeness (QED) is 0.730. The monoisotopic (exact) mass is 407 g/mol. The molecule has 0 amide bonds. The maximum atomic E-state index is 13.7. The first kappa shape index (κ1) is 19.4. The van der Waals surface area contributed by atoms with Gasteiger partial charge in [0.1, 0.15) is 16.4 Å². The standard InChI is InChI=1S/C15H17F4N5O2S/c16-9-4-5-10(11(8-9)27(25,26)15(17,18)19)24-13(21)22-12(20)23-14(24)6-2-1-3-7-14/h4-5,8H,1-3,6-7H2,(H4,20,21,22,23). The molecule has 27 heavy (non-hydrogen) atoms. The van der Waals surface area contributed by atoms with Crippen LogP contribution in [-0.2, 0) is 9.84 Å². The van der Waals surface area contributed by atoms with E-state index >= 15 is 0 Å². The van der Waals surface area contributed by atoms with E-state index in [0.29, 0.717) is 31.7 Å². The zero-order valence-electron chi connectivity index (χ0n) is 14.0. The van der Waals surface area contributed by atoms with Gasteiger partial charge in [0, 0.05) is 0 Å². The maximum absolute atomic E-state index is 13.7. The summed E-state index contributed by atoms with van der Waals surface area (Å²) in [6.07, 6.45) is 3.00. The third-order valence-corrected chi connectivity index (χ3v) is 6.12. The van der Waals surface area contributed by atoms with Crippen LogP contribution < -0.4 is 16.4 Å². The Morgan fingerprint density at radius 3 is 2.33 bits per heavy atom. The lowest BCUT2D eigenvalue weighted by molar-refractivity contribution is -0.0435. The first-order valence-corrected chi connectivity index (χ1v) is 9.57. The lowest BCUT2D eigenvalue weighted by atomic mass is 9.87. The van der Waals surface area contributed by atoms with Crippen LogP contribution in [0.15, 0.2) is 33.1 Å². The Balaban J connectivity index is 2.25. The summed E-state index contributed by atoms with van der Waals surface area (Å²) in [7, 11) is -5.84. The molecule has 0 atom stereocenters. The third-order valence-electron chi connectivity index (χ3n) is 4.61. The summed E-state index contributed by atoms with van der Waals surface area (Å²) in [5, 5.41) is 0. The minimum atomic E-state index is -5.84. The SMILES string of the molecule is NC1=NC2(CCCCC2)N(c2ccc(F)cc2S(=O)(=O)C(F)(F)F)C(N)=N1. The summed E-state index contributed by atoms with van der Waals surface area (Å²) in [6, 6.07) is 2.11. The molecule has 1 aromatic rings. The number of hydrogen-bond acceptors (Lipinski definition) is 7. The second-order valence-electron chi connectivity index (χ2n) is 6.38. The van der Waals surface area contributed by atoms with Crippen LogP contribution in [0, 0.1) is 5.82 Å². The van der Waals surface area contributed by atoms with E-state index in [-0.39, 0.29) is 11.9 Å². The number of nitrogens with two attached hydrogens (primary N) is 2. The van der Waals surface area contributed by atoms with E-state index in [2.05, 4.69) is 9.98 Å². The second kappa shape index (κ2) is 6.36. The molecule has 2 aliphatic rings. The van der Waals surface area contributed by atoms with E-state index in [9.17, 15) is 26.0 Å². The molecule has 0 unspecified atom stereocenters. The fourth-order valence-corrected chi connectivity index (χ4v) is 4.43. The van der Waals surface area contributed by atoms with Gasteiger partial charge in [0.15, 0.2) is 0 Å². The summed E-state index contributed by atoms with van der Waals surface area (Å²) in [4.78, 5) is 7.93. The van der Waals surface area contributed by atoms with Crippen molar-refractivity contribution in [2.24, 2.45) is 21.5 Å². The summed E-state index contributed by atoms with van der Waals surface area (Å²) in [5.41, 5.74) is 4.38. The summed E-state index contributed by atoms with van der Waals surface area (Å²) in [5.74, 6) is -1.57. The number of aliphatic imine (C=N–C) groups is 2. The Bertz CT molecular complexity index is 921. The van der Waals surface area contributed by atoms with Crippen LogP contribution >= 0.6 is 0 Å². The van der Waals surface area contributed by atoms with Crippen LogP contribution in [0.1, 0.15) is 32.1 Å². The van der Waals surface area contributed by atoms with Crippen LogP contribution in [0.25, 0.3) is 0 Å². The van der Waals surface area contributed by atoms with E-state index in [1.54, 1.807) is 0 Å². The van der Waals surface area contributed by atoms with Gasteiger partial charge in [-0.25, -0.2) is 17.8 Å². The molecule has 1 spiro atoms. The molecule has 1 aromatic carbocycles. The van der Waals surface area contributed by atoms with E-state index in [0.717, 1.165) is 23.5 Å². The van der Waals surface area contributed by atoms with Crippen LogP contribution in [-0.4, -0.2) is 31.5 Å². The van der Waals surface area contributed by atoms with Crippen molar-refractivity contribution in [2.45, 2.75) is 48.2 Å². The highest BCUT2D eigenvalue weighted by Gasteiger charge is 2.51. The number of nitrogens with zero attached hydrogens (tertiary/aromatic N) is 3. The summed E-state index contributed by atoms with van der Waals surface area (Å²) >= 11 is 0. The molecule has 12 heteroatoms. The number of hydrogen-bond donors (Lipinski definition) is 2. The van der Waals surface area contributed by atoms with Crippen molar-refractivity contribution >= 4 is 27.4 Å². The van der Waals surface area contributed by atoms with Crippen molar-refractivity contribution in [2.75, 3.05) is 4.90 Å². The van der Waals surface area contributed by atoms with Crippen LogP contribution in [0.4, 0.5) is 23.2 Å². The van der Waals surface area contributed by atoms with Gasteiger partial charge < -0.3 is 11.5 Å². The van der Waals surface area contributed by atoms with Crippen molar-refractivity contribution in [3.8, 4) is 0 Å².